The number of hydrogen-bond donors (Lipinski definition) is 1. The van der Waals surface area contributed by atoms with Gasteiger partial charge in [-0.25, -0.2) is 0 Å². The Morgan fingerprint density at radius 1 is 1.17 bits per heavy atom. The molecule has 1 heterocycles. The lowest BCUT2D eigenvalue weighted by Gasteiger charge is -2.23. The van der Waals surface area contributed by atoms with Gasteiger partial charge in [-0.2, -0.15) is 0 Å². The fraction of sp³-hybridized carbons (Fsp3) is 0.263. The van der Waals surface area contributed by atoms with Gasteiger partial charge in [-0.15, -0.1) is 0 Å². The first-order valence-corrected chi connectivity index (χ1v) is 8.02. The third-order valence-electron chi connectivity index (χ3n) is 4.06. The molecule has 0 aliphatic carbocycles. The van der Waals surface area contributed by atoms with E-state index in [4.69, 9.17) is 4.74 Å². The van der Waals surface area contributed by atoms with Crippen molar-refractivity contribution in [1.29, 1.82) is 0 Å². The standard InChI is InChI=1S/C19H20N2O3/c1-3-24-18-11-7-5-9-15(18)20-19(23)17-12-14-8-4-6-10-16(14)21(17)13(2)22/h4-11,17H,3,12H2,1-2H3,(H,20,23)/t17-/m0/s1. The highest BCUT2D eigenvalue weighted by Crippen LogP contribution is 2.33. The van der Waals surface area contributed by atoms with Crippen LogP contribution in [0.25, 0.3) is 0 Å². The zero-order valence-electron chi connectivity index (χ0n) is 13.8. The minimum absolute atomic E-state index is 0.141. The SMILES string of the molecule is CCOc1ccccc1NC(=O)[C@@H]1Cc2ccccc2N1C(C)=O. The van der Waals surface area contributed by atoms with Gasteiger partial charge in [0.15, 0.2) is 0 Å². The summed E-state index contributed by atoms with van der Waals surface area (Å²) in [5, 5.41) is 2.90. The maximum Gasteiger partial charge on any atom is 0.248 e. The van der Waals surface area contributed by atoms with E-state index >= 15 is 0 Å². The van der Waals surface area contributed by atoms with Gasteiger partial charge >= 0.3 is 0 Å². The van der Waals surface area contributed by atoms with E-state index in [0.29, 0.717) is 24.5 Å². The number of benzene rings is 2. The molecule has 2 aromatic carbocycles. The van der Waals surface area contributed by atoms with Crippen LogP contribution in [-0.4, -0.2) is 24.5 Å². The van der Waals surface area contributed by atoms with Crippen LogP contribution in [0.15, 0.2) is 48.5 Å². The first kappa shape index (κ1) is 16.1. The first-order valence-electron chi connectivity index (χ1n) is 8.02. The molecule has 1 aliphatic rings. The Morgan fingerprint density at radius 3 is 2.62 bits per heavy atom. The molecule has 0 spiro atoms. The van der Waals surface area contributed by atoms with Crippen LogP contribution in [0.5, 0.6) is 5.75 Å². The van der Waals surface area contributed by atoms with Crippen molar-refractivity contribution < 1.29 is 14.3 Å². The van der Waals surface area contributed by atoms with Gasteiger partial charge in [-0.05, 0) is 30.7 Å². The molecule has 2 amide bonds. The van der Waals surface area contributed by atoms with E-state index in [0.717, 1.165) is 11.3 Å². The number of hydrogen-bond acceptors (Lipinski definition) is 3. The Balaban J connectivity index is 1.85. The molecule has 2 aromatic rings. The first-order chi connectivity index (χ1) is 11.6. The normalized spacial score (nSPS) is 15.8. The predicted octanol–water partition coefficient (Wildman–Crippen LogP) is 3.00. The van der Waals surface area contributed by atoms with E-state index < -0.39 is 6.04 Å². The highest BCUT2D eigenvalue weighted by atomic mass is 16.5. The van der Waals surface area contributed by atoms with E-state index in [-0.39, 0.29) is 11.8 Å². The average Bonchev–Trinajstić information content (AvgIpc) is 2.96. The number of nitrogens with one attached hydrogen (secondary N) is 1. The second-order valence-corrected chi connectivity index (χ2v) is 5.66. The summed E-state index contributed by atoms with van der Waals surface area (Å²) in [7, 11) is 0. The lowest BCUT2D eigenvalue weighted by atomic mass is 10.1. The Kier molecular flexibility index (Phi) is 4.51. The lowest BCUT2D eigenvalue weighted by Crippen LogP contribution is -2.44. The molecule has 1 N–H and O–H groups in total. The lowest BCUT2D eigenvalue weighted by molar-refractivity contribution is -0.122. The van der Waals surface area contributed by atoms with Crippen LogP contribution in [0.1, 0.15) is 19.4 Å². The summed E-state index contributed by atoms with van der Waals surface area (Å²) in [5.74, 6) is 0.269. The van der Waals surface area contributed by atoms with Crippen molar-refractivity contribution in [2.75, 3.05) is 16.8 Å². The molecule has 0 saturated carbocycles. The number of nitrogens with zero attached hydrogens (tertiary/aromatic N) is 1. The summed E-state index contributed by atoms with van der Waals surface area (Å²) in [5.41, 5.74) is 2.43. The third kappa shape index (κ3) is 2.97. The fourth-order valence-corrected chi connectivity index (χ4v) is 3.05. The van der Waals surface area contributed by atoms with Crippen molar-refractivity contribution in [1.82, 2.24) is 0 Å². The van der Waals surface area contributed by atoms with E-state index in [1.165, 1.54) is 6.92 Å². The van der Waals surface area contributed by atoms with E-state index in [2.05, 4.69) is 5.32 Å². The van der Waals surface area contributed by atoms with Crippen molar-refractivity contribution in [2.24, 2.45) is 0 Å². The van der Waals surface area contributed by atoms with Crippen molar-refractivity contribution in [3.63, 3.8) is 0 Å². The van der Waals surface area contributed by atoms with Gasteiger partial charge in [0.05, 0.1) is 12.3 Å². The number of para-hydroxylation sites is 3. The van der Waals surface area contributed by atoms with Gasteiger partial charge in [-0.3, -0.25) is 14.5 Å². The number of rotatable bonds is 4. The average molecular weight is 324 g/mol. The quantitative estimate of drug-likeness (QED) is 0.940. The summed E-state index contributed by atoms with van der Waals surface area (Å²) in [6.07, 6.45) is 0.512. The van der Waals surface area contributed by atoms with Crippen molar-refractivity contribution in [3.05, 3.63) is 54.1 Å². The van der Waals surface area contributed by atoms with Crippen LogP contribution >= 0.6 is 0 Å². The topological polar surface area (TPSA) is 58.6 Å². The van der Waals surface area contributed by atoms with Gasteiger partial charge in [0.1, 0.15) is 11.8 Å². The molecule has 24 heavy (non-hydrogen) atoms. The fourth-order valence-electron chi connectivity index (χ4n) is 3.05. The molecular weight excluding hydrogens is 304 g/mol. The summed E-state index contributed by atoms with van der Waals surface area (Å²) < 4.78 is 5.54. The molecule has 0 bridgehead atoms. The highest BCUT2D eigenvalue weighted by Gasteiger charge is 2.36. The summed E-state index contributed by atoms with van der Waals surface area (Å²) in [6, 6.07) is 14.4. The number of amides is 2. The zero-order valence-corrected chi connectivity index (χ0v) is 13.8. The van der Waals surface area contributed by atoms with Crippen LogP contribution in [-0.2, 0) is 16.0 Å². The molecule has 1 atom stereocenters. The molecular formula is C19H20N2O3. The maximum atomic E-state index is 12.8. The summed E-state index contributed by atoms with van der Waals surface area (Å²) >= 11 is 0. The Bertz CT molecular complexity index is 773. The molecule has 0 radical (unpaired) electrons. The molecule has 0 saturated heterocycles. The number of ether oxygens (including phenoxy) is 1. The molecule has 5 nitrogen and oxygen atoms in total. The van der Waals surface area contributed by atoms with Crippen molar-refractivity contribution >= 4 is 23.2 Å². The molecule has 3 rings (SSSR count). The van der Waals surface area contributed by atoms with Crippen LogP contribution in [0.2, 0.25) is 0 Å². The predicted molar refractivity (Wildman–Crippen MR) is 93.3 cm³/mol. The third-order valence-corrected chi connectivity index (χ3v) is 4.06. The van der Waals surface area contributed by atoms with E-state index in [9.17, 15) is 9.59 Å². The Labute approximate surface area is 141 Å². The van der Waals surface area contributed by atoms with Gasteiger partial charge < -0.3 is 10.1 Å². The second kappa shape index (κ2) is 6.74. The highest BCUT2D eigenvalue weighted by molar-refractivity contribution is 6.07. The smallest absolute Gasteiger partial charge is 0.248 e. The molecule has 0 fully saturated rings. The number of anilines is 2. The largest absolute Gasteiger partial charge is 0.492 e. The Hall–Kier alpha value is -2.82. The van der Waals surface area contributed by atoms with Crippen molar-refractivity contribution in [2.45, 2.75) is 26.3 Å². The maximum absolute atomic E-state index is 12.8. The molecule has 124 valence electrons. The second-order valence-electron chi connectivity index (χ2n) is 5.66. The molecule has 5 heteroatoms. The van der Waals surface area contributed by atoms with Crippen LogP contribution in [0.4, 0.5) is 11.4 Å². The van der Waals surface area contributed by atoms with Crippen LogP contribution in [0.3, 0.4) is 0 Å². The Morgan fingerprint density at radius 2 is 1.88 bits per heavy atom. The number of carbonyl (C=O) groups is 2. The number of carbonyl (C=O) groups excluding carboxylic acids is 2. The zero-order chi connectivity index (χ0) is 17.1. The minimum Gasteiger partial charge on any atom is -0.492 e. The van der Waals surface area contributed by atoms with Gasteiger partial charge in [0, 0.05) is 19.0 Å². The summed E-state index contributed by atoms with van der Waals surface area (Å²) in [4.78, 5) is 26.4. The number of fused-ring (bicyclic) bond motifs is 1. The van der Waals surface area contributed by atoms with Crippen molar-refractivity contribution in [3.8, 4) is 5.75 Å². The molecule has 0 unspecified atom stereocenters. The molecule has 1 aliphatic heterocycles. The van der Waals surface area contributed by atoms with Crippen LogP contribution < -0.4 is 15.0 Å². The molecule has 0 aromatic heterocycles. The van der Waals surface area contributed by atoms with E-state index in [1.54, 1.807) is 11.0 Å². The van der Waals surface area contributed by atoms with Crippen LogP contribution in [0, 0.1) is 0 Å². The van der Waals surface area contributed by atoms with Gasteiger partial charge in [0.25, 0.3) is 0 Å². The summed E-state index contributed by atoms with van der Waals surface area (Å²) in [6.45, 7) is 3.89. The monoisotopic (exact) mass is 324 g/mol. The minimum atomic E-state index is -0.547. The van der Waals surface area contributed by atoms with Gasteiger partial charge in [-0.1, -0.05) is 30.3 Å². The van der Waals surface area contributed by atoms with E-state index in [1.807, 2.05) is 49.4 Å². The van der Waals surface area contributed by atoms with Gasteiger partial charge in [0.2, 0.25) is 11.8 Å².